The summed E-state index contributed by atoms with van der Waals surface area (Å²) in [6.45, 7) is 4.61. The van der Waals surface area contributed by atoms with Crippen molar-refractivity contribution in [1.29, 1.82) is 5.26 Å². The molecule has 0 radical (unpaired) electrons. The maximum Gasteiger partial charge on any atom is 0.407 e. The Kier molecular flexibility index (Phi) is 6.86. The van der Waals surface area contributed by atoms with E-state index in [0.717, 1.165) is 60.7 Å². The summed E-state index contributed by atoms with van der Waals surface area (Å²) >= 11 is 0. The summed E-state index contributed by atoms with van der Waals surface area (Å²) in [6, 6.07) is 8.24. The van der Waals surface area contributed by atoms with E-state index in [4.69, 9.17) is 4.74 Å². The largest absolute Gasteiger partial charge is 0.446 e. The van der Waals surface area contributed by atoms with Gasteiger partial charge >= 0.3 is 6.09 Å². The number of amides is 2. The first-order chi connectivity index (χ1) is 17.5. The number of fused-ring (bicyclic) bond motifs is 1. The second-order valence-electron chi connectivity index (χ2n) is 10.2. The zero-order valence-electron chi connectivity index (χ0n) is 21.0. The van der Waals surface area contributed by atoms with Crippen LogP contribution in [-0.2, 0) is 4.74 Å². The molecule has 0 spiro atoms. The van der Waals surface area contributed by atoms with Crippen molar-refractivity contribution in [3.63, 3.8) is 0 Å². The number of nitrogens with one attached hydrogen (secondary N) is 2. The summed E-state index contributed by atoms with van der Waals surface area (Å²) in [6.07, 6.45) is 12.7. The second kappa shape index (κ2) is 10.2. The molecule has 0 bridgehead atoms. The first-order valence-electron chi connectivity index (χ1n) is 13.2. The minimum absolute atomic E-state index is 0.0472. The van der Waals surface area contributed by atoms with Crippen molar-refractivity contribution in [2.75, 3.05) is 6.54 Å². The first-order valence-corrected chi connectivity index (χ1v) is 13.2. The Labute approximate surface area is 212 Å². The lowest BCUT2D eigenvalue weighted by atomic mass is 9.91. The lowest BCUT2D eigenvalue weighted by Gasteiger charge is -2.31. The number of hydrogen-bond donors (Lipinski definition) is 2. The van der Waals surface area contributed by atoms with Crippen LogP contribution in [0, 0.1) is 17.2 Å². The van der Waals surface area contributed by atoms with Gasteiger partial charge < -0.3 is 19.9 Å². The lowest BCUT2D eigenvalue weighted by molar-refractivity contribution is 0.0934. The van der Waals surface area contributed by atoms with Gasteiger partial charge in [0.25, 0.3) is 5.91 Å². The molecule has 2 saturated carbocycles. The third kappa shape index (κ3) is 4.77. The number of ether oxygens (including phenoxy) is 1. The van der Waals surface area contributed by atoms with Crippen molar-refractivity contribution in [2.24, 2.45) is 5.92 Å². The predicted molar refractivity (Wildman–Crippen MR) is 139 cm³/mol. The van der Waals surface area contributed by atoms with E-state index in [2.05, 4.69) is 27.3 Å². The third-order valence-electron chi connectivity index (χ3n) is 7.61. The minimum atomic E-state index is -0.379. The number of carbonyl (C=O) groups is 2. The van der Waals surface area contributed by atoms with Gasteiger partial charge in [-0.15, -0.1) is 0 Å². The number of allylic oxidation sites excluding steroid dienone is 2. The number of nitrogens with zero attached hydrogens (tertiary/aromatic N) is 2. The van der Waals surface area contributed by atoms with Crippen molar-refractivity contribution in [2.45, 2.75) is 77.0 Å². The molecule has 1 unspecified atom stereocenters. The quantitative estimate of drug-likeness (QED) is 0.507. The molecular formula is C29H34N4O3. The van der Waals surface area contributed by atoms with E-state index in [9.17, 15) is 14.9 Å². The van der Waals surface area contributed by atoms with Crippen molar-refractivity contribution < 1.29 is 14.3 Å². The van der Waals surface area contributed by atoms with Gasteiger partial charge in [-0.1, -0.05) is 31.2 Å². The van der Waals surface area contributed by atoms with Crippen LogP contribution >= 0.6 is 0 Å². The summed E-state index contributed by atoms with van der Waals surface area (Å²) in [5.41, 5.74) is 4.06. The lowest BCUT2D eigenvalue weighted by Crippen LogP contribution is -2.36. The molecule has 2 atom stereocenters. The van der Waals surface area contributed by atoms with Gasteiger partial charge in [0.2, 0.25) is 0 Å². The molecule has 36 heavy (non-hydrogen) atoms. The van der Waals surface area contributed by atoms with Crippen LogP contribution in [0.1, 0.15) is 86.5 Å². The fourth-order valence-electron chi connectivity index (χ4n) is 5.13. The molecular weight excluding hydrogens is 452 g/mol. The standard InChI is InChI=1S/C29H34N4O3/c1-3-15-31-28(34)21-11-14-24-25(17-30)27(33(26(24)16-21)23-5-4-6-23)20-9-12-22(13-10-20)32-29(35)36-18(2)19-7-8-19/h9-12,14,16,18-19,22-23H,3-8,13,15H2,1-2H3,(H,31,34)(H,32,35)/t18-,22?/m1/s1. The van der Waals surface area contributed by atoms with E-state index in [-0.39, 0.29) is 24.1 Å². The Bertz CT molecular complexity index is 1270. The highest BCUT2D eigenvalue weighted by Crippen LogP contribution is 2.42. The SMILES string of the molecule is CCCNC(=O)c1ccc2c(C#N)c(C3=CCC(NC(=O)O[C@H](C)C4CC4)C=C3)n(C3CCC3)c2c1. The number of rotatable bonds is 8. The summed E-state index contributed by atoms with van der Waals surface area (Å²) in [5, 5.41) is 16.9. The van der Waals surface area contributed by atoms with E-state index in [1.165, 1.54) is 0 Å². The zero-order valence-corrected chi connectivity index (χ0v) is 21.0. The topological polar surface area (TPSA) is 96.2 Å². The number of aromatic nitrogens is 1. The summed E-state index contributed by atoms with van der Waals surface area (Å²) in [4.78, 5) is 25.0. The molecule has 0 aliphatic heterocycles. The molecule has 2 N–H and O–H groups in total. The normalized spacial score (nSPS) is 20.2. The average Bonchev–Trinajstić information content (AvgIpc) is 3.65. The number of nitriles is 1. The molecule has 0 saturated heterocycles. The minimum Gasteiger partial charge on any atom is -0.446 e. The highest BCUT2D eigenvalue weighted by Gasteiger charge is 2.32. The Morgan fingerprint density at radius 3 is 2.67 bits per heavy atom. The molecule has 3 aliphatic carbocycles. The Morgan fingerprint density at radius 2 is 2.06 bits per heavy atom. The fourth-order valence-corrected chi connectivity index (χ4v) is 5.13. The molecule has 188 valence electrons. The molecule has 7 nitrogen and oxygen atoms in total. The number of alkyl carbamates (subject to hydrolysis) is 1. The fraction of sp³-hybridized carbons (Fsp3) is 0.483. The Morgan fingerprint density at radius 1 is 1.25 bits per heavy atom. The Balaban J connectivity index is 1.42. The number of carbonyl (C=O) groups excluding carboxylic acids is 2. The molecule has 5 rings (SSSR count). The zero-order chi connectivity index (χ0) is 25.2. The van der Waals surface area contributed by atoms with Crippen LogP contribution < -0.4 is 10.6 Å². The summed E-state index contributed by atoms with van der Waals surface area (Å²) in [5.74, 6) is 0.411. The van der Waals surface area contributed by atoms with Crippen LogP contribution in [0.25, 0.3) is 16.5 Å². The summed E-state index contributed by atoms with van der Waals surface area (Å²) < 4.78 is 7.78. The highest BCUT2D eigenvalue weighted by molar-refractivity contribution is 6.01. The Hall–Kier alpha value is -3.53. The predicted octanol–water partition coefficient (Wildman–Crippen LogP) is 5.61. The smallest absolute Gasteiger partial charge is 0.407 e. The molecule has 1 aromatic heterocycles. The van der Waals surface area contributed by atoms with Gasteiger partial charge in [0.15, 0.2) is 0 Å². The van der Waals surface area contributed by atoms with Crippen LogP contribution in [0.15, 0.2) is 36.4 Å². The van der Waals surface area contributed by atoms with Gasteiger partial charge in [-0.3, -0.25) is 4.79 Å². The number of hydrogen-bond acceptors (Lipinski definition) is 4. The van der Waals surface area contributed by atoms with Crippen LogP contribution in [0.4, 0.5) is 4.79 Å². The molecule has 7 heteroatoms. The maximum atomic E-state index is 12.7. The van der Waals surface area contributed by atoms with Crippen molar-refractivity contribution >= 4 is 28.5 Å². The molecule has 1 aromatic carbocycles. The van der Waals surface area contributed by atoms with E-state index < -0.39 is 0 Å². The molecule has 1 heterocycles. The van der Waals surface area contributed by atoms with Crippen LogP contribution in [0.2, 0.25) is 0 Å². The van der Waals surface area contributed by atoms with Crippen molar-refractivity contribution in [3.05, 3.63) is 53.2 Å². The van der Waals surface area contributed by atoms with Crippen molar-refractivity contribution in [3.8, 4) is 6.07 Å². The second-order valence-corrected chi connectivity index (χ2v) is 10.2. The summed E-state index contributed by atoms with van der Waals surface area (Å²) in [7, 11) is 0. The monoisotopic (exact) mass is 486 g/mol. The van der Waals surface area contributed by atoms with E-state index in [1.807, 2.05) is 44.2 Å². The van der Waals surface area contributed by atoms with Crippen molar-refractivity contribution in [1.82, 2.24) is 15.2 Å². The molecule has 3 aliphatic rings. The van der Waals surface area contributed by atoms with Gasteiger partial charge in [0, 0.05) is 23.5 Å². The van der Waals surface area contributed by atoms with Gasteiger partial charge in [-0.2, -0.15) is 5.26 Å². The van der Waals surface area contributed by atoms with Gasteiger partial charge in [-0.25, -0.2) is 4.79 Å². The van der Waals surface area contributed by atoms with E-state index in [1.54, 1.807) is 0 Å². The van der Waals surface area contributed by atoms with Crippen LogP contribution in [0.3, 0.4) is 0 Å². The van der Waals surface area contributed by atoms with Gasteiger partial charge in [0.05, 0.1) is 22.8 Å². The van der Waals surface area contributed by atoms with Gasteiger partial charge in [-0.05, 0) is 75.5 Å². The van der Waals surface area contributed by atoms with E-state index >= 15 is 0 Å². The maximum absolute atomic E-state index is 12.7. The van der Waals surface area contributed by atoms with E-state index in [0.29, 0.717) is 36.1 Å². The number of benzene rings is 1. The highest BCUT2D eigenvalue weighted by atomic mass is 16.6. The molecule has 2 aromatic rings. The van der Waals surface area contributed by atoms with Gasteiger partial charge in [0.1, 0.15) is 12.2 Å². The third-order valence-corrected chi connectivity index (χ3v) is 7.61. The van der Waals surface area contributed by atoms with Crippen LogP contribution in [0.5, 0.6) is 0 Å². The average molecular weight is 487 g/mol. The first kappa shape index (κ1) is 24.2. The van der Waals surface area contributed by atoms with Crippen LogP contribution in [-0.4, -0.2) is 35.3 Å². The molecule has 2 amide bonds. The molecule has 2 fully saturated rings.